The molecule has 3 rings (SSSR count). The van der Waals surface area contributed by atoms with Gasteiger partial charge in [0.25, 0.3) is 5.91 Å². The molecule has 0 bridgehead atoms. The Hall–Kier alpha value is -1.48. The molecule has 8 heteroatoms. The second kappa shape index (κ2) is 8.26. The van der Waals surface area contributed by atoms with Crippen molar-refractivity contribution in [2.45, 2.75) is 43.9 Å². The average Bonchev–Trinajstić information content (AvgIpc) is 3.21. The van der Waals surface area contributed by atoms with Gasteiger partial charge >= 0.3 is 0 Å². The first kappa shape index (κ1) is 20.3. The van der Waals surface area contributed by atoms with Crippen molar-refractivity contribution in [3.8, 4) is 0 Å². The molecule has 0 spiro atoms. The van der Waals surface area contributed by atoms with Gasteiger partial charge in [-0.25, -0.2) is 8.42 Å². The summed E-state index contributed by atoms with van der Waals surface area (Å²) in [6.45, 7) is 6.24. The van der Waals surface area contributed by atoms with Crippen LogP contribution in [0.5, 0.6) is 0 Å². The van der Waals surface area contributed by atoms with Crippen LogP contribution in [0.1, 0.15) is 37.0 Å². The highest BCUT2D eigenvalue weighted by Crippen LogP contribution is 2.27. The van der Waals surface area contributed by atoms with E-state index in [4.69, 9.17) is 9.47 Å². The van der Waals surface area contributed by atoms with Gasteiger partial charge in [0.15, 0.2) is 6.29 Å². The van der Waals surface area contributed by atoms with Crippen molar-refractivity contribution in [2.75, 3.05) is 33.4 Å². The number of rotatable bonds is 5. The van der Waals surface area contributed by atoms with Crippen LogP contribution in [-0.2, 0) is 19.5 Å². The summed E-state index contributed by atoms with van der Waals surface area (Å²) in [7, 11) is -1.99. The predicted octanol–water partition coefficient (Wildman–Crippen LogP) is 1.94. The van der Waals surface area contributed by atoms with Gasteiger partial charge in [0, 0.05) is 37.7 Å². The zero-order valence-electron chi connectivity index (χ0n) is 16.1. The summed E-state index contributed by atoms with van der Waals surface area (Å²) in [5.74, 6) is 0.263. The van der Waals surface area contributed by atoms with E-state index in [-0.39, 0.29) is 23.1 Å². The van der Waals surface area contributed by atoms with Gasteiger partial charge in [0.2, 0.25) is 10.0 Å². The third-order valence-corrected chi connectivity index (χ3v) is 7.41. The summed E-state index contributed by atoms with van der Waals surface area (Å²) >= 11 is 0. The number of ether oxygens (including phenoxy) is 2. The summed E-state index contributed by atoms with van der Waals surface area (Å²) < 4.78 is 37.5. The smallest absolute Gasteiger partial charge is 0.253 e. The van der Waals surface area contributed by atoms with E-state index in [1.165, 1.54) is 16.4 Å². The minimum atomic E-state index is -3.54. The molecule has 0 aliphatic carbocycles. The Morgan fingerprint density at radius 1 is 1.11 bits per heavy atom. The lowest BCUT2D eigenvalue weighted by molar-refractivity contribution is -0.0956. The highest BCUT2D eigenvalue weighted by atomic mass is 32.2. The van der Waals surface area contributed by atoms with Crippen molar-refractivity contribution in [2.24, 2.45) is 5.92 Å². The van der Waals surface area contributed by atoms with E-state index >= 15 is 0 Å². The third-order valence-electron chi connectivity index (χ3n) is 5.36. The maximum absolute atomic E-state index is 12.7. The number of carbonyl (C=O) groups is 1. The maximum atomic E-state index is 12.7. The fourth-order valence-electron chi connectivity index (χ4n) is 3.42. The van der Waals surface area contributed by atoms with Crippen LogP contribution in [0.3, 0.4) is 0 Å². The Labute approximate surface area is 161 Å². The molecule has 0 radical (unpaired) electrons. The van der Waals surface area contributed by atoms with E-state index < -0.39 is 10.0 Å². The number of benzene rings is 1. The Kier molecular flexibility index (Phi) is 6.20. The Morgan fingerprint density at radius 2 is 1.67 bits per heavy atom. The molecule has 7 nitrogen and oxygen atoms in total. The average molecular weight is 397 g/mol. The minimum absolute atomic E-state index is 0.0668. The van der Waals surface area contributed by atoms with Crippen LogP contribution < -0.4 is 0 Å². The second-order valence-corrected chi connectivity index (χ2v) is 9.38. The molecule has 0 atom stereocenters. The molecule has 1 aromatic rings. The van der Waals surface area contributed by atoms with Crippen LogP contribution in [-0.4, -0.2) is 69.2 Å². The number of carbonyl (C=O) groups excluding carboxylic acids is 1. The van der Waals surface area contributed by atoms with E-state index in [9.17, 15) is 13.2 Å². The van der Waals surface area contributed by atoms with Crippen molar-refractivity contribution in [3.05, 3.63) is 29.8 Å². The number of likely N-dealkylation sites (tertiary alicyclic amines) is 1. The van der Waals surface area contributed by atoms with Crippen LogP contribution in [0.15, 0.2) is 29.2 Å². The van der Waals surface area contributed by atoms with E-state index in [2.05, 4.69) is 0 Å². The molecule has 0 aromatic heterocycles. The lowest BCUT2D eigenvalue weighted by Crippen LogP contribution is -2.41. The molecule has 2 aliphatic rings. The van der Waals surface area contributed by atoms with E-state index in [1.54, 1.807) is 19.2 Å². The van der Waals surface area contributed by atoms with Gasteiger partial charge < -0.3 is 14.4 Å². The molecule has 2 fully saturated rings. The van der Waals surface area contributed by atoms with Crippen molar-refractivity contribution >= 4 is 15.9 Å². The maximum Gasteiger partial charge on any atom is 0.253 e. The first-order valence-electron chi connectivity index (χ1n) is 9.41. The van der Waals surface area contributed by atoms with Crippen LogP contribution in [0.4, 0.5) is 0 Å². The number of amides is 1. The molecular weight excluding hydrogens is 368 g/mol. The molecule has 2 saturated heterocycles. The van der Waals surface area contributed by atoms with Gasteiger partial charge in [-0.3, -0.25) is 4.79 Å². The van der Waals surface area contributed by atoms with Gasteiger partial charge in [-0.2, -0.15) is 4.31 Å². The normalized spacial score (nSPS) is 20.0. The highest BCUT2D eigenvalue weighted by molar-refractivity contribution is 7.89. The van der Waals surface area contributed by atoms with Crippen molar-refractivity contribution in [1.82, 2.24) is 9.21 Å². The van der Waals surface area contributed by atoms with Gasteiger partial charge in [0.1, 0.15) is 0 Å². The Bertz CT molecular complexity index is 749. The number of hydrogen-bond donors (Lipinski definition) is 0. The summed E-state index contributed by atoms with van der Waals surface area (Å²) in [6.07, 6.45) is 1.56. The van der Waals surface area contributed by atoms with Gasteiger partial charge in [0.05, 0.1) is 18.1 Å². The first-order chi connectivity index (χ1) is 12.8. The molecule has 2 heterocycles. The third kappa shape index (κ3) is 4.34. The molecule has 0 N–H and O–H groups in total. The summed E-state index contributed by atoms with van der Waals surface area (Å²) in [5, 5.41) is 0. The zero-order valence-corrected chi connectivity index (χ0v) is 16.9. The van der Waals surface area contributed by atoms with Gasteiger partial charge in [-0.15, -0.1) is 0 Å². The van der Waals surface area contributed by atoms with E-state index in [0.29, 0.717) is 37.8 Å². The SMILES string of the molecule is CC(C)N(C)S(=O)(=O)c1ccc(C(=O)N2CCC(C3OCCO3)CC2)cc1. The predicted molar refractivity (Wildman–Crippen MR) is 101 cm³/mol. The van der Waals surface area contributed by atoms with Gasteiger partial charge in [-0.05, 0) is 51.0 Å². The molecule has 27 heavy (non-hydrogen) atoms. The van der Waals surface area contributed by atoms with Crippen molar-refractivity contribution in [3.63, 3.8) is 0 Å². The van der Waals surface area contributed by atoms with Crippen LogP contribution in [0.2, 0.25) is 0 Å². The molecule has 1 aromatic carbocycles. The fraction of sp³-hybridized carbons (Fsp3) is 0.632. The number of piperidine rings is 1. The number of sulfonamides is 1. The number of hydrogen-bond acceptors (Lipinski definition) is 5. The monoisotopic (exact) mass is 396 g/mol. The quantitative estimate of drug-likeness (QED) is 0.760. The zero-order chi connectivity index (χ0) is 19.6. The largest absolute Gasteiger partial charge is 0.350 e. The Balaban J connectivity index is 1.63. The molecule has 1 amide bonds. The summed E-state index contributed by atoms with van der Waals surface area (Å²) in [4.78, 5) is 14.7. The lowest BCUT2D eigenvalue weighted by Gasteiger charge is -2.34. The van der Waals surface area contributed by atoms with Crippen LogP contribution in [0.25, 0.3) is 0 Å². The van der Waals surface area contributed by atoms with Crippen molar-refractivity contribution in [1.29, 1.82) is 0 Å². The van der Waals surface area contributed by atoms with Crippen molar-refractivity contribution < 1.29 is 22.7 Å². The summed E-state index contributed by atoms with van der Waals surface area (Å²) in [6, 6.07) is 6.07. The van der Waals surface area contributed by atoms with Crippen LogP contribution in [0, 0.1) is 5.92 Å². The molecule has 2 aliphatic heterocycles. The minimum Gasteiger partial charge on any atom is -0.350 e. The topological polar surface area (TPSA) is 76.2 Å². The molecule has 0 unspecified atom stereocenters. The van der Waals surface area contributed by atoms with Crippen LogP contribution >= 0.6 is 0 Å². The summed E-state index contributed by atoms with van der Waals surface area (Å²) in [5.41, 5.74) is 0.507. The highest BCUT2D eigenvalue weighted by Gasteiger charge is 2.32. The fourth-order valence-corrected chi connectivity index (χ4v) is 4.79. The van der Waals surface area contributed by atoms with Gasteiger partial charge in [-0.1, -0.05) is 0 Å². The lowest BCUT2D eigenvalue weighted by atomic mass is 9.95. The molecule has 0 saturated carbocycles. The Morgan fingerprint density at radius 3 is 2.19 bits per heavy atom. The number of nitrogens with zero attached hydrogens (tertiary/aromatic N) is 2. The molecule has 150 valence electrons. The van der Waals surface area contributed by atoms with E-state index in [0.717, 1.165) is 12.8 Å². The molecular formula is C19H28N2O5S. The standard InChI is InChI=1S/C19H28N2O5S/c1-14(2)20(3)27(23,24)17-6-4-15(5-7-17)18(22)21-10-8-16(9-11-21)19-25-12-13-26-19/h4-7,14,16,19H,8-13H2,1-3H3. The first-order valence-corrected chi connectivity index (χ1v) is 10.9. The van der Waals surface area contributed by atoms with E-state index in [1.807, 2.05) is 18.7 Å². The second-order valence-electron chi connectivity index (χ2n) is 7.38.